The zero-order valence-electron chi connectivity index (χ0n) is 15.2. The van der Waals surface area contributed by atoms with Gasteiger partial charge in [-0.2, -0.15) is 5.10 Å². The number of aryl methyl sites for hydroxylation is 2. The molecule has 27 heavy (non-hydrogen) atoms. The maximum Gasteiger partial charge on any atom is 0.174 e. The maximum absolute atomic E-state index is 13.4. The largest absolute Gasteiger partial charge is 0.369 e. The lowest BCUT2D eigenvalue weighted by molar-refractivity contribution is 0.628. The van der Waals surface area contributed by atoms with Gasteiger partial charge in [-0.1, -0.05) is 11.6 Å². The molecule has 1 aliphatic heterocycles. The van der Waals surface area contributed by atoms with Gasteiger partial charge in [-0.15, -0.1) is 0 Å². The summed E-state index contributed by atoms with van der Waals surface area (Å²) >= 11 is 5.90. The summed E-state index contributed by atoms with van der Waals surface area (Å²) in [5.74, 6) is 1.00. The maximum atomic E-state index is 13.4. The average molecular weight is 387 g/mol. The lowest BCUT2D eigenvalue weighted by Crippen LogP contribution is -2.26. The summed E-state index contributed by atoms with van der Waals surface area (Å²) in [4.78, 5) is 11.1. The first-order chi connectivity index (χ1) is 13.0. The van der Waals surface area contributed by atoms with Crippen molar-refractivity contribution in [3.63, 3.8) is 0 Å². The molecule has 0 bridgehead atoms. The Morgan fingerprint density at radius 3 is 2.81 bits per heavy atom. The summed E-state index contributed by atoms with van der Waals surface area (Å²) in [5.41, 5.74) is 2.88. The van der Waals surface area contributed by atoms with Gasteiger partial charge in [-0.05, 0) is 44.5 Å². The van der Waals surface area contributed by atoms with Crippen molar-refractivity contribution in [2.75, 3.05) is 23.3 Å². The predicted octanol–water partition coefficient (Wildman–Crippen LogP) is 3.76. The molecule has 4 rings (SSSR count). The van der Waals surface area contributed by atoms with E-state index >= 15 is 0 Å². The molecule has 0 spiro atoms. The van der Waals surface area contributed by atoms with Crippen LogP contribution in [0, 0.1) is 19.7 Å². The van der Waals surface area contributed by atoms with Gasteiger partial charge < -0.3 is 10.2 Å². The van der Waals surface area contributed by atoms with Crippen LogP contribution in [0.15, 0.2) is 36.7 Å². The molecule has 0 saturated carbocycles. The highest BCUT2D eigenvalue weighted by Crippen LogP contribution is 2.26. The van der Waals surface area contributed by atoms with Crippen LogP contribution in [0.3, 0.4) is 0 Å². The Hall–Kier alpha value is -2.67. The van der Waals surface area contributed by atoms with Gasteiger partial charge in [0.25, 0.3) is 0 Å². The molecule has 1 saturated heterocycles. The van der Waals surface area contributed by atoms with Crippen molar-refractivity contribution in [2.45, 2.75) is 26.3 Å². The topological polar surface area (TPSA) is 58.9 Å². The minimum atomic E-state index is -0.398. The third kappa shape index (κ3) is 3.73. The number of rotatable bonds is 4. The normalized spacial score (nSPS) is 16.7. The van der Waals surface area contributed by atoms with Crippen LogP contribution >= 0.6 is 11.6 Å². The van der Waals surface area contributed by atoms with Crippen molar-refractivity contribution >= 4 is 23.1 Å². The molecule has 1 unspecified atom stereocenters. The van der Waals surface area contributed by atoms with Crippen molar-refractivity contribution in [1.82, 2.24) is 19.7 Å². The summed E-state index contributed by atoms with van der Waals surface area (Å²) in [6.07, 6.45) is 4.36. The zero-order valence-corrected chi connectivity index (χ0v) is 15.9. The summed E-state index contributed by atoms with van der Waals surface area (Å²) in [6.45, 7) is 5.59. The molecule has 1 N–H and O–H groups in total. The Bertz CT molecular complexity index is 973. The van der Waals surface area contributed by atoms with Crippen LogP contribution in [0.25, 0.3) is 5.82 Å². The summed E-state index contributed by atoms with van der Waals surface area (Å²) < 4.78 is 15.2. The van der Waals surface area contributed by atoms with E-state index in [2.05, 4.69) is 25.3 Å². The number of benzene rings is 1. The highest BCUT2D eigenvalue weighted by molar-refractivity contribution is 6.31. The molecule has 1 atom stereocenters. The minimum Gasteiger partial charge on any atom is -0.369 e. The number of anilines is 2. The van der Waals surface area contributed by atoms with Crippen molar-refractivity contribution in [3.8, 4) is 5.82 Å². The lowest BCUT2D eigenvalue weighted by atomic mass is 10.2. The van der Waals surface area contributed by atoms with Crippen molar-refractivity contribution < 1.29 is 4.39 Å². The minimum absolute atomic E-state index is 0.146. The number of nitrogens with zero attached hydrogens (tertiary/aromatic N) is 5. The number of hydrogen-bond donors (Lipinski definition) is 1. The van der Waals surface area contributed by atoms with Crippen molar-refractivity contribution in [3.05, 3.63) is 58.9 Å². The molecule has 0 radical (unpaired) electrons. The summed E-state index contributed by atoms with van der Waals surface area (Å²) in [5, 5.41) is 8.04. The first-order valence-corrected chi connectivity index (χ1v) is 9.19. The van der Waals surface area contributed by atoms with Gasteiger partial charge in [0.1, 0.15) is 11.6 Å². The van der Waals surface area contributed by atoms with E-state index in [0.29, 0.717) is 11.6 Å². The van der Waals surface area contributed by atoms with Gasteiger partial charge in [0.2, 0.25) is 0 Å². The van der Waals surface area contributed by atoms with Gasteiger partial charge >= 0.3 is 0 Å². The van der Waals surface area contributed by atoms with E-state index in [1.165, 1.54) is 6.07 Å². The number of aromatic nitrogens is 4. The number of halogens is 2. The smallest absolute Gasteiger partial charge is 0.174 e. The van der Waals surface area contributed by atoms with E-state index in [4.69, 9.17) is 11.6 Å². The van der Waals surface area contributed by atoms with Gasteiger partial charge in [-0.3, -0.25) is 4.98 Å². The molecule has 8 heteroatoms. The Labute approximate surface area is 162 Å². The third-order valence-electron chi connectivity index (χ3n) is 4.66. The molecule has 3 heterocycles. The molecule has 140 valence electrons. The standard InChI is InChI=1S/C19H20ClFN6/c1-12-7-13(2)27(25-12)19-10-22-9-18(24-19)23-14-5-6-26(11-14)15-3-4-17(21)16(20)8-15/h3-4,7-10,14H,5-6,11H2,1-2H3,(H,23,24). The van der Waals surface area contributed by atoms with Crippen LogP contribution in [-0.4, -0.2) is 38.9 Å². The lowest BCUT2D eigenvalue weighted by Gasteiger charge is -2.19. The van der Waals surface area contributed by atoms with E-state index < -0.39 is 5.82 Å². The van der Waals surface area contributed by atoms with E-state index in [1.807, 2.05) is 19.9 Å². The third-order valence-corrected chi connectivity index (χ3v) is 4.95. The van der Waals surface area contributed by atoms with Gasteiger partial charge in [0, 0.05) is 30.5 Å². The van der Waals surface area contributed by atoms with Crippen LogP contribution in [0.2, 0.25) is 5.02 Å². The van der Waals surface area contributed by atoms with Crippen molar-refractivity contribution in [2.24, 2.45) is 0 Å². The fraction of sp³-hybridized carbons (Fsp3) is 0.316. The molecule has 1 aromatic carbocycles. The Balaban J connectivity index is 1.46. The summed E-state index contributed by atoms with van der Waals surface area (Å²) in [6, 6.07) is 7.06. The zero-order chi connectivity index (χ0) is 19.0. The first-order valence-electron chi connectivity index (χ1n) is 8.82. The molecule has 0 amide bonds. The van der Waals surface area contributed by atoms with Gasteiger partial charge in [0.05, 0.1) is 23.1 Å². The fourth-order valence-electron chi connectivity index (χ4n) is 3.39. The van der Waals surface area contributed by atoms with Crippen LogP contribution in [0.4, 0.5) is 15.9 Å². The Morgan fingerprint density at radius 2 is 2.07 bits per heavy atom. The molecular weight excluding hydrogens is 367 g/mol. The van der Waals surface area contributed by atoms with Crippen molar-refractivity contribution in [1.29, 1.82) is 0 Å². The molecular formula is C19H20ClFN6. The van der Waals surface area contributed by atoms with E-state index in [9.17, 15) is 4.39 Å². The Kier molecular flexibility index (Phi) is 4.70. The number of nitrogens with one attached hydrogen (secondary N) is 1. The van der Waals surface area contributed by atoms with Gasteiger partial charge in [0.15, 0.2) is 5.82 Å². The fourth-order valence-corrected chi connectivity index (χ4v) is 3.57. The van der Waals surface area contributed by atoms with Gasteiger partial charge in [-0.25, -0.2) is 14.1 Å². The van der Waals surface area contributed by atoms with Crippen LogP contribution in [0.5, 0.6) is 0 Å². The van der Waals surface area contributed by atoms with Crippen LogP contribution in [0.1, 0.15) is 17.8 Å². The quantitative estimate of drug-likeness (QED) is 0.739. The SMILES string of the molecule is Cc1cc(C)n(-c2cncc(NC3CCN(c4ccc(F)c(Cl)c4)C3)n2)n1. The molecule has 1 fully saturated rings. The first kappa shape index (κ1) is 17.7. The number of hydrogen-bond acceptors (Lipinski definition) is 5. The highest BCUT2D eigenvalue weighted by atomic mass is 35.5. The average Bonchev–Trinajstić information content (AvgIpc) is 3.23. The molecule has 1 aliphatic rings. The van der Waals surface area contributed by atoms with Crippen LogP contribution in [-0.2, 0) is 0 Å². The molecule has 3 aromatic rings. The molecule has 2 aromatic heterocycles. The Morgan fingerprint density at radius 1 is 1.22 bits per heavy atom. The second kappa shape index (κ2) is 7.15. The summed E-state index contributed by atoms with van der Waals surface area (Å²) in [7, 11) is 0. The second-order valence-corrected chi connectivity index (χ2v) is 7.18. The predicted molar refractivity (Wildman–Crippen MR) is 104 cm³/mol. The van der Waals surface area contributed by atoms with Crippen LogP contribution < -0.4 is 10.2 Å². The van der Waals surface area contributed by atoms with E-state index in [-0.39, 0.29) is 11.1 Å². The van der Waals surface area contributed by atoms with E-state index in [1.54, 1.807) is 29.2 Å². The van der Waals surface area contributed by atoms with E-state index in [0.717, 1.165) is 36.6 Å². The second-order valence-electron chi connectivity index (χ2n) is 6.78. The highest BCUT2D eigenvalue weighted by Gasteiger charge is 2.23. The monoisotopic (exact) mass is 386 g/mol. The molecule has 6 nitrogen and oxygen atoms in total. The molecule has 0 aliphatic carbocycles.